The molecule has 0 aliphatic carbocycles. The lowest BCUT2D eigenvalue weighted by atomic mass is 9.93. The lowest BCUT2D eigenvalue weighted by Gasteiger charge is -2.16. The molecule has 1 fully saturated rings. The summed E-state index contributed by atoms with van der Waals surface area (Å²) in [5, 5.41) is 0. The van der Waals surface area contributed by atoms with Crippen LogP contribution in [0.2, 0.25) is 0 Å². The standard InChI is InChI=1S/C12H7F5O2/c1-3-4(2)12(18)19-11(3)5-6(13)8(15)10(17)9(16)7(5)14/h3,11H,2H2,1H3/t3-,11+/m0/s1. The molecule has 0 bridgehead atoms. The summed E-state index contributed by atoms with van der Waals surface area (Å²) in [5.41, 5.74) is -1.25. The van der Waals surface area contributed by atoms with Gasteiger partial charge in [0.1, 0.15) is 6.10 Å². The molecule has 102 valence electrons. The highest BCUT2D eigenvalue weighted by atomic mass is 19.2. The summed E-state index contributed by atoms with van der Waals surface area (Å²) >= 11 is 0. The largest absolute Gasteiger partial charge is 0.453 e. The molecule has 0 unspecified atom stereocenters. The second kappa shape index (κ2) is 4.32. The van der Waals surface area contributed by atoms with Gasteiger partial charge in [-0.1, -0.05) is 13.5 Å². The van der Waals surface area contributed by atoms with Gasteiger partial charge in [-0.05, 0) is 0 Å². The Bertz CT molecular complexity index is 567. The van der Waals surface area contributed by atoms with Crippen molar-refractivity contribution in [2.24, 2.45) is 5.92 Å². The van der Waals surface area contributed by atoms with E-state index in [2.05, 4.69) is 11.3 Å². The number of hydrogen-bond acceptors (Lipinski definition) is 2. The third kappa shape index (κ3) is 1.80. The van der Waals surface area contributed by atoms with Crippen molar-refractivity contribution in [2.45, 2.75) is 13.0 Å². The lowest BCUT2D eigenvalue weighted by Crippen LogP contribution is -2.14. The van der Waals surface area contributed by atoms with Crippen LogP contribution in [-0.4, -0.2) is 5.97 Å². The van der Waals surface area contributed by atoms with E-state index >= 15 is 0 Å². The van der Waals surface area contributed by atoms with E-state index in [1.165, 1.54) is 6.92 Å². The van der Waals surface area contributed by atoms with E-state index in [0.29, 0.717) is 0 Å². The Kier molecular flexibility index (Phi) is 3.07. The first-order valence-corrected chi connectivity index (χ1v) is 5.18. The van der Waals surface area contributed by atoms with E-state index in [1.54, 1.807) is 0 Å². The minimum absolute atomic E-state index is 0.0889. The number of halogens is 5. The highest BCUT2D eigenvalue weighted by molar-refractivity contribution is 5.90. The van der Waals surface area contributed by atoms with E-state index in [9.17, 15) is 26.7 Å². The Labute approximate surface area is 104 Å². The van der Waals surface area contributed by atoms with Crippen molar-refractivity contribution in [3.8, 4) is 0 Å². The summed E-state index contributed by atoms with van der Waals surface area (Å²) in [6.07, 6.45) is -1.58. The predicted molar refractivity (Wildman–Crippen MR) is 53.4 cm³/mol. The third-order valence-electron chi connectivity index (χ3n) is 3.03. The second-order valence-corrected chi connectivity index (χ2v) is 4.12. The smallest absolute Gasteiger partial charge is 0.334 e. The average molecular weight is 278 g/mol. The van der Waals surface area contributed by atoms with Gasteiger partial charge < -0.3 is 4.74 Å². The van der Waals surface area contributed by atoms with Gasteiger partial charge in [-0.2, -0.15) is 0 Å². The van der Waals surface area contributed by atoms with Crippen LogP contribution in [0.15, 0.2) is 12.2 Å². The molecule has 0 aromatic heterocycles. The molecule has 1 aliphatic heterocycles. The van der Waals surface area contributed by atoms with Crippen molar-refractivity contribution in [1.82, 2.24) is 0 Å². The molecule has 2 nitrogen and oxygen atoms in total. The summed E-state index contributed by atoms with van der Waals surface area (Å²) in [7, 11) is 0. The number of carbonyl (C=O) groups is 1. The van der Waals surface area contributed by atoms with Crippen molar-refractivity contribution >= 4 is 5.97 Å². The fraction of sp³-hybridized carbons (Fsp3) is 0.250. The predicted octanol–water partition coefficient (Wildman–Crippen LogP) is 3.17. The minimum atomic E-state index is -2.26. The van der Waals surface area contributed by atoms with E-state index < -0.39 is 52.6 Å². The molecule has 0 N–H and O–H groups in total. The van der Waals surface area contributed by atoms with Gasteiger partial charge in [0.15, 0.2) is 23.3 Å². The van der Waals surface area contributed by atoms with Gasteiger partial charge in [-0.3, -0.25) is 0 Å². The van der Waals surface area contributed by atoms with E-state index in [0.717, 1.165) is 0 Å². The molecule has 2 atom stereocenters. The molecule has 1 aromatic carbocycles. The molecule has 7 heteroatoms. The molecule has 0 radical (unpaired) electrons. The van der Waals surface area contributed by atoms with Gasteiger partial charge in [0.05, 0.1) is 5.56 Å². The molecule has 19 heavy (non-hydrogen) atoms. The Balaban J connectivity index is 2.65. The highest BCUT2D eigenvalue weighted by Crippen LogP contribution is 2.41. The van der Waals surface area contributed by atoms with Crippen LogP contribution in [0, 0.1) is 35.0 Å². The van der Waals surface area contributed by atoms with Crippen LogP contribution < -0.4 is 0 Å². The molecular formula is C12H7F5O2. The number of esters is 1. The molecule has 1 heterocycles. The van der Waals surface area contributed by atoms with Crippen molar-refractivity contribution in [3.05, 3.63) is 46.8 Å². The second-order valence-electron chi connectivity index (χ2n) is 4.12. The number of cyclic esters (lactones) is 1. The maximum atomic E-state index is 13.5. The summed E-state index contributed by atoms with van der Waals surface area (Å²) in [6.45, 7) is 4.68. The van der Waals surface area contributed by atoms with E-state index in [4.69, 9.17) is 0 Å². The van der Waals surface area contributed by atoms with Crippen molar-refractivity contribution < 1.29 is 31.5 Å². The summed E-state index contributed by atoms with van der Waals surface area (Å²) < 4.78 is 70.7. The van der Waals surface area contributed by atoms with Crippen LogP contribution in [-0.2, 0) is 9.53 Å². The monoisotopic (exact) mass is 278 g/mol. The van der Waals surface area contributed by atoms with E-state index in [-0.39, 0.29) is 5.57 Å². The first-order valence-electron chi connectivity index (χ1n) is 5.18. The lowest BCUT2D eigenvalue weighted by molar-refractivity contribution is -0.139. The summed E-state index contributed by atoms with van der Waals surface area (Å²) in [5.74, 6) is -12.2. The van der Waals surface area contributed by atoms with Gasteiger partial charge in [-0.25, -0.2) is 26.7 Å². The third-order valence-corrected chi connectivity index (χ3v) is 3.03. The minimum Gasteiger partial charge on any atom is -0.453 e. The van der Waals surface area contributed by atoms with Crippen molar-refractivity contribution in [1.29, 1.82) is 0 Å². The summed E-state index contributed by atoms with van der Waals surface area (Å²) in [4.78, 5) is 11.2. The maximum Gasteiger partial charge on any atom is 0.334 e. The number of benzene rings is 1. The van der Waals surface area contributed by atoms with Crippen LogP contribution in [0.3, 0.4) is 0 Å². The maximum absolute atomic E-state index is 13.5. The van der Waals surface area contributed by atoms with Crippen molar-refractivity contribution in [2.75, 3.05) is 0 Å². The van der Waals surface area contributed by atoms with Crippen molar-refractivity contribution in [3.63, 3.8) is 0 Å². The quantitative estimate of drug-likeness (QED) is 0.259. The normalized spacial score (nSPS) is 22.8. The Morgan fingerprint density at radius 2 is 1.37 bits per heavy atom. The van der Waals surface area contributed by atoms with Gasteiger partial charge in [0.25, 0.3) is 0 Å². The molecule has 0 spiro atoms. The fourth-order valence-corrected chi connectivity index (χ4v) is 1.84. The molecule has 1 aliphatic rings. The topological polar surface area (TPSA) is 26.3 Å². The zero-order valence-electron chi connectivity index (χ0n) is 9.57. The van der Waals surface area contributed by atoms with Crippen LogP contribution in [0.25, 0.3) is 0 Å². The fourth-order valence-electron chi connectivity index (χ4n) is 1.84. The first kappa shape index (κ1) is 13.5. The molecule has 1 saturated heterocycles. The first-order chi connectivity index (χ1) is 8.77. The molecule has 0 amide bonds. The molecule has 0 saturated carbocycles. The van der Waals surface area contributed by atoms with Crippen LogP contribution in [0.5, 0.6) is 0 Å². The average Bonchev–Trinajstić information content (AvgIpc) is 2.62. The van der Waals surface area contributed by atoms with Gasteiger partial charge in [0.2, 0.25) is 5.82 Å². The Morgan fingerprint density at radius 1 is 0.947 bits per heavy atom. The van der Waals surface area contributed by atoms with E-state index in [1.807, 2.05) is 0 Å². The SMILES string of the molecule is C=C1C(=O)O[C@@H](c2c(F)c(F)c(F)c(F)c2F)[C@H]1C. The van der Waals surface area contributed by atoms with Gasteiger partial charge in [0, 0.05) is 11.5 Å². The Morgan fingerprint density at radius 3 is 1.74 bits per heavy atom. The number of rotatable bonds is 1. The van der Waals surface area contributed by atoms with Gasteiger partial charge in [-0.15, -0.1) is 0 Å². The molecular weight excluding hydrogens is 271 g/mol. The molecule has 2 rings (SSSR count). The van der Waals surface area contributed by atoms with Crippen LogP contribution >= 0.6 is 0 Å². The number of ether oxygens (including phenoxy) is 1. The zero-order valence-corrected chi connectivity index (χ0v) is 9.57. The number of hydrogen-bond donors (Lipinski definition) is 0. The Hall–Kier alpha value is -1.92. The highest BCUT2D eigenvalue weighted by Gasteiger charge is 2.42. The zero-order chi connectivity index (χ0) is 14.5. The summed E-state index contributed by atoms with van der Waals surface area (Å²) in [6, 6.07) is 0. The molecule has 1 aromatic rings. The number of carbonyl (C=O) groups excluding carboxylic acids is 1. The van der Waals surface area contributed by atoms with Crippen LogP contribution in [0.1, 0.15) is 18.6 Å². The van der Waals surface area contributed by atoms with Crippen LogP contribution in [0.4, 0.5) is 22.0 Å². The van der Waals surface area contributed by atoms with Gasteiger partial charge >= 0.3 is 5.97 Å².